The molecule has 5 heterocycles. The summed E-state index contributed by atoms with van der Waals surface area (Å²) in [6, 6.07) is 10.2. The molecule has 0 spiro atoms. The summed E-state index contributed by atoms with van der Waals surface area (Å²) in [7, 11) is 2.11. The predicted molar refractivity (Wildman–Crippen MR) is 140 cm³/mol. The molecule has 9 heteroatoms. The van der Waals surface area contributed by atoms with Crippen LogP contribution in [-0.4, -0.2) is 71.3 Å². The molecule has 0 radical (unpaired) electrons. The number of aromatic nitrogens is 3. The number of carbonyl (C=O) groups excluding carboxylic acids is 1. The number of rotatable bonds is 1. The fourth-order valence-corrected chi connectivity index (χ4v) is 5.58. The first-order valence-corrected chi connectivity index (χ1v) is 13.1. The summed E-state index contributed by atoms with van der Waals surface area (Å²) >= 11 is 0. The molecule has 2 N–H and O–H groups in total. The van der Waals surface area contributed by atoms with Crippen molar-refractivity contribution in [2.24, 2.45) is 5.73 Å². The smallest absolute Gasteiger partial charge is 0.258 e. The van der Waals surface area contributed by atoms with E-state index in [1.165, 1.54) is 0 Å². The molecule has 0 saturated carbocycles. The number of hydrogen-bond acceptors (Lipinski definition) is 7. The zero-order valence-corrected chi connectivity index (χ0v) is 21.2. The lowest BCUT2D eigenvalue weighted by Crippen LogP contribution is -2.56. The lowest BCUT2D eigenvalue weighted by molar-refractivity contribution is 0.0601. The van der Waals surface area contributed by atoms with E-state index in [9.17, 15) is 4.79 Å². The van der Waals surface area contributed by atoms with Gasteiger partial charge in [0.25, 0.3) is 5.91 Å². The first-order valence-electron chi connectivity index (χ1n) is 13.1. The van der Waals surface area contributed by atoms with Gasteiger partial charge in [-0.05, 0) is 51.2 Å². The molecule has 6 rings (SSSR count). The van der Waals surface area contributed by atoms with E-state index in [2.05, 4.69) is 29.0 Å². The highest BCUT2D eigenvalue weighted by molar-refractivity contribution is 5.97. The maximum absolute atomic E-state index is 13.9. The number of aryl methyl sites for hydroxylation is 1. The molecule has 190 valence electrons. The number of carbonyl (C=O) groups is 1. The van der Waals surface area contributed by atoms with Gasteiger partial charge in [-0.3, -0.25) is 4.79 Å². The fraction of sp³-hybridized carbons (Fsp3) is 0.519. The maximum atomic E-state index is 13.9. The maximum Gasteiger partial charge on any atom is 0.258 e. The number of anilines is 2. The molecule has 3 aliphatic rings. The van der Waals surface area contributed by atoms with Gasteiger partial charge < -0.3 is 25.2 Å². The molecule has 9 nitrogen and oxygen atoms in total. The van der Waals surface area contributed by atoms with E-state index >= 15 is 0 Å². The Labute approximate surface area is 211 Å². The summed E-state index contributed by atoms with van der Waals surface area (Å²) in [5.41, 5.74) is 9.47. The standard InChI is InChI=1S/C27H35N7O2/c1-18-8-9-23-20(13-18)27(35)33-11-4-3-7-22(33)21-14-25-29-24(32-16-19(28)17-32)15-26(34(25)30-21)31(2)10-5-6-12-36-23/h8-9,13-15,19,22H,3-7,10-12,16-17,28H2,1-2H3. The van der Waals surface area contributed by atoms with Gasteiger partial charge in [0.15, 0.2) is 5.65 Å². The van der Waals surface area contributed by atoms with Crippen LogP contribution < -0.4 is 20.3 Å². The SMILES string of the molecule is Cc1ccc2c(c1)C(=O)N1CCCCC1c1cc3nc(N4CC(N)C4)cc(n3n1)N(C)CCCCO2. The Hall–Kier alpha value is -3.33. The quantitative estimate of drug-likeness (QED) is 0.561. The van der Waals surface area contributed by atoms with Crippen molar-refractivity contribution in [3.05, 3.63) is 47.2 Å². The number of ether oxygens (including phenoxy) is 1. The monoisotopic (exact) mass is 489 g/mol. The van der Waals surface area contributed by atoms with Crippen molar-refractivity contribution in [3.8, 4) is 5.75 Å². The molecule has 2 aromatic heterocycles. The van der Waals surface area contributed by atoms with Crippen LogP contribution in [0.5, 0.6) is 5.75 Å². The summed E-state index contributed by atoms with van der Waals surface area (Å²) in [5.74, 6) is 2.63. The molecule has 2 bridgehead atoms. The molecule has 3 aliphatic heterocycles. The van der Waals surface area contributed by atoms with E-state index in [0.29, 0.717) is 24.5 Å². The first-order chi connectivity index (χ1) is 17.5. The number of nitrogens with two attached hydrogens (primary N) is 1. The number of piperidine rings is 1. The van der Waals surface area contributed by atoms with Gasteiger partial charge in [-0.1, -0.05) is 11.6 Å². The largest absolute Gasteiger partial charge is 0.493 e. The lowest BCUT2D eigenvalue weighted by Gasteiger charge is -2.38. The summed E-state index contributed by atoms with van der Waals surface area (Å²) in [6.45, 7) is 5.80. The molecule has 1 atom stereocenters. The normalized spacial score (nSPS) is 21.5. The Morgan fingerprint density at radius 1 is 1.06 bits per heavy atom. The van der Waals surface area contributed by atoms with Gasteiger partial charge in [0.2, 0.25) is 0 Å². The molecule has 1 amide bonds. The van der Waals surface area contributed by atoms with Crippen molar-refractivity contribution in [3.63, 3.8) is 0 Å². The molecular formula is C27H35N7O2. The van der Waals surface area contributed by atoms with Crippen molar-refractivity contribution in [1.29, 1.82) is 0 Å². The minimum Gasteiger partial charge on any atom is -0.493 e. The third-order valence-corrected chi connectivity index (χ3v) is 7.65. The zero-order chi connectivity index (χ0) is 24.8. The number of amides is 1. The summed E-state index contributed by atoms with van der Waals surface area (Å²) in [5, 5.41) is 5.05. The molecule has 1 aromatic carbocycles. The fourth-order valence-electron chi connectivity index (χ4n) is 5.58. The van der Waals surface area contributed by atoms with Crippen LogP contribution in [0.3, 0.4) is 0 Å². The summed E-state index contributed by atoms with van der Waals surface area (Å²) < 4.78 is 8.11. The predicted octanol–water partition coefficient (Wildman–Crippen LogP) is 3.16. The Balaban J connectivity index is 1.46. The van der Waals surface area contributed by atoms with Crippen LogP contribution in [0.4, 0.5) is 11.6 Å². The van der Waals surface area contributed by atoms with Crippen LogP contribution in [0.1, 0.15) is 59.8 Å². The minimum atomic E-state index is -0.0922. The van der Waals surface area contributed by atoms with E-state index in [1.807, 2.05) is 34.5 Å². The van der Waals surface area contributed by atoms with E-state index in [0.717, 1.165) is 80.3 Å². The second-order valence-corrected chi connectivity index (χ2v) is 10.5. The third kappa shape index (κ3) is 4.15. The second-order valence-electron chi connectivity index (χ2n) is 10.5. The molecule has 2 fully saturated rings. The molecule has 0 aliphatic carbocycles. The van der Waals surface area contributed by atoms with Crippen molar-refractivity contribution >= 4 is 23.2 Å². The summed E-state index contributed by atoms with van der Waals surface area (Å²) in [6.07, 6.45) is 4.79. The van der Waals surface area contributed by atoms with Gasteiger partial charge in [0, 0.05) is 51.4 Å². The number of benzene rings is 1. The molecule has 2 saturated heterocycles. The average molecular weight is 490 g/mol. The van der Waals surface area contributed by atoms with Crippen molar-refractivity contribution in [2.45, 2.75) is 51.1 Å². The Kier molecular flexibility index (Phi) is 5.95. The van der Waals surface area contributed by atoms with Gasteiger partial charge in [0.1, 0.15) is 17.4 Å². The Morgan fingerprint density at radius 3 is 2.72 bits per heavy atom. The second kappa shape index (κ2) is 9.28. The van der Waals surface area contributed by atoms with Crippen molar-refractivity contribution in [2.75, 3.05) is 49.6 Å². The van der Waals surface area contributed by atoms with Crippen molar-refractivity contribution in [1.82, 2.24) is 19.5 Å². The van der Waals surface area contributed by atoms with Crippen LogP contribution in [0, 0.1) is 6.92 Å². The van der Waals surface area contributed by atoms with E-state index < -0.39 is 0 Å². The van der Waals surface area contributed by atoms with Gasteiger partial charge >= 0.3 is 0 Å². The molecule has 3 aromatic rings. The Bertz CT molecular complexity index is 1280. The molecular weight excluding hydrogens is 454 g/mol. The van der Waals surface area contributed by atoms with Crippen molar-refractivity contribution < 1.29 is 9.53 Å². The number of hydrogen-bond donors (Lipinski definition) is 1. The highest BCUT2D eigenvalue weighted by atomic mass is 16.5. The van der Waals surface area contributed by atoms with Gasteiger partial charge in [-0.15, -0.1) is 0 Å². The topological polar surface area (TPSA) is 92.2 Å². The van der Waals surface area contributed by atoms with Crippen LogP contribution in [0.15, 0.2) is 30.3 Å². The zero-order valence-electron chi connectivity index (χ0n) is 21.2. The highest BCUT2D eigenvalue weighted by Crippen LogP contribution is 2.35. The molecule has 36 heavy (non-hydrogen) atoms. The van der Waals surface area contributed by atoms with E-state index in [-0.39, 0.29) is 18.0 Å². The number of nitrogens with zero attached hydrogens (tertiary/aromatic N) is 6. The minimum absolute atomic E-state index is 0.0193. The van der Waals surface area contributed by atoms with E-state index in [4.69, 9.17) is 20.6 Å². The van der Waals surface area contributed by atoms with Gasteiger partial charge in [-0.25, -0.2) is 4.98 Å². The van der Waals surface area contributed by atoms with Crippen LogP contribution >= 0.6 is 0 Å². The van der Waals surface area contributed by atoms with Crippen LogP contribution in [0.2, 0.25) is 0 Å². The highest BCUT2D eigenvalue weighted by Gasteiger charge is 2.33. The van der Waals surface area contributed by atoms with E-state index in [1.54, 1.807) is 0 Å². The van der Waals surface area contributed by atoms with Crippen LogP contribution in [-0.2, 0) is 0 Å². The lowest BCUT2D eigenvalue weighted by atomic mass is 9.97. The van der Waals surface area contributed by atoms with Gasteiger partial charge in [0.05, 0.1) is 23.9 Å². The number of fused-ring (bicyclic) bond motifs is 4. The third-order valence-electron chi connectivity index (χ3n) is 7.65. The first kappa shape index (κ1) is 23.1. The molecule has 1 unspecified atom stereocenters. The Morgan fingerprint density at radius 2 is 1.89 bits per heavy atom. The average Bonchev–Trinajstić information content (AvgIpc) is 3.29. The van der Waals surface area contributed by atoms with Gasteiger partial charge in [-0.2, -0.15) is 9.61 Å². The summed E-state index contributed by atoms with van der Waals surface area (Å²) in [4.78, 5) is 25.3. The van der Waals surface area contributed by atoms with Crippen LogP contribution in [0.25, 0.3) is 5.65 Å².